The molecule has 102 valence electrons. The molecule has 1 heterocycles. The van der Waals surface area contributed by atoms with Gasteiger partial charge in [-0.3, -0.25) is 10.1 Å². The monoisotopic (exact) mass is 266 g/mol. The summed E-state index contributed by atoms with van der Waals surface area (Å²) in [5.41, 5.74) is -0.806. The van der Waals surface area contributed by atoms with Gasteiger partial charge in [-0.1, -0.05) is 6.07 Å². The number of nitro benzene ring substituents is 1. The fraction of sp³-hybridized carbons (Fsp3) is 0.417. The van der Waals surface area contributed by atoms with Gasteiger partial charge in [0.25, 0.3) is 5.69 Å². The Bertz CT molecular complexity index is 541. The lowest BCUT2D eigenvalue weighted by molar-refractivity contribution is -0.384. The van der Waals surface area contributed by atoms with Gasteiger partial charge in [-0.05, 0) is 19.9 Å². The highest BCUT2D eigenvalue weighted by Crippen LogP contribution is 2.41. The summed E-state index contributed by atoms with van der Waals surface area (Å²) in [6, 6.07) is 3.69. The van der Waals surface area contributed by atoms with Crippen LogP contribution in [0.15, 0.2) is 18.2 Å². The number of carbonyl (C=O) groups excluding carboxylic acids is 1. The van der Waals surface area contributed by atoms with Crippen molar-refractivity contribution in [3.05, 3.63) is 28.3 Å². The van der Waals surface area contributed by atoms with Gasteiger partial charge in [-0.25, -0.2) is 4.79 Å². The van der Waals surface area contributed by atoms with E-state index in [0.717, 1.165) is 0 Å². The van der Waals surface area contributed by atoms with Crippen LogP contribution in [0.1, 0.15) is 13.8 Å². The van der Waals surface area contributed by atoms with Gasteiger partial charge in [0.1, 0.15) is 11.4 Å². The maximum Gasteiger partial charge on any atom is 0.332 e. The van der Waals surface area contributed by atoms with Crippen molar-refractivity contribution in [3.63, 3.8) is 0 Å². The van der Waals surface area contributed by atoms with Crippen molar-refractivity contribution in [3.8, 4) is 5.75 Å². The van der Waals surface area contributed by atoms with Gasteiger partial charge in [0.05, 0.1) is 12.0 Å². The topological polar surface area (TPSA) is 90.7 Å². The van der Waals surface area contributed by atoms with Crippen LogP contribution in [0.4, 0.5) is 11.4 Å². The molecule has 0 amide bonds. The minimum absolute atomic E-state index is 0.137. The number of fused-ring (bicyclic) bond motifs is 1. The Balaban J connectivity index is 2.49. The largest absolute Gasteiger partial charge is 0.483 e. The number of nitrogens with one attached hydrogen (secondary N) is 1. The number of benzene rings is 1. The molecule has 19 heavy (non-hydrogen) atoms. The van der Waals surface area contributed by atoms with Gasteiger partial charge in [-0.15, -0.1) is 0 Å². The maximum absolute atomic E-state index is 11.7. The van der Waals surface area contributed by atoms with Crippen LogP contribution >= 0.6 is 0 Å². The standard InChI is InChI=1S/C12H14N2O5/c1-12(2)10(11(15)18-3)13-9-7(14(16)17)5-4-6-8(9)19-12/h4-6,10,13H,1-3H3. The molecule has 1 atom stereocenters. The molecule has 1 unspecified atom stereocenters. The molecular weight excluding hydrogens is 252 g/mol. The van der Waals surface area contributed by atoms with Gasteiger partial charge in [0.15, 0.2) is 11.7 Å². The van der Waals surface area contributed by atoms with E-state index in [1.54, 1.807) is 19.9 Å². The highest BCUT2D eigenvalue weighted by atomic mass is 16.6. The molecule has 1 aliphatic heterocycles. The molecule has 0 saturated heterocycles. The fourth-order valence-electron chi connectivity index (χ4n) is 2.02. The Labute approximate surface area is 109 Å². The SMILES string of the molecule is COC(=O)C1Nc2c(cccc2[N+](=O)[O-])OC1(C)C. The number of para-hydroxylation sites is 1. The van der Waals surface area contributed by atoms with Crippen LogP contribution < -0.4 is 10.1 Å². The van der Waals surface area contributed by atoms with Crippen LogP contribution in [0.3, 0.4) is 0 Å². The number of hydrogen-bond acceptors (Lipinski definition) is 6. The fourth-order valence-corrected chi connectivity index (χ4v) is 2.02. The van der Waals surface area contributed by atoms with Crippen molar-refractivity contribution in [1.82, 2.24) is 0 Å². The Morgan fingerprint density at radius 2 is 2.21 bits per heavy atom. The number of nitro groups is 1. The molecule has 7 nitrogen and oxygen atoms in total. The zero-order chi connectivity index (χ0) is 14.2. The van der Waals surface area contributed by atoms with Crippen LogP contribution in [-0.4, -0.2) is 29.6 Å². The number of methoxy groups -OCH3 is 1. The first kappa shape index (κ1) is 13.1. The first-order valence-electron chi connectivity index (χ1n) is 5.67. The van der Waals surface area contributed by atoms with E-state index in [4.69, 9.17) is 4.74 Å². The number of anilines is 1. The Morgan fingerprint density at radius 3 is 2.79 bits per heavy atom. The summed E-state index contributed by atoms with van der Waals surface area (Å²) in [5.74, 6) is -0.187. The zero-order valence-corrected chi connectivity index (χ0v) is 10.8. The molecule has 2 rings (SSSR count). The molecule has 1 aliphatic rings. The average molecular weight is 266 g/mol. The second-order valence-electron chi connectivity index (χ2n) is 4.71. The summed E-state index contributed by atoms with van der Waals surface area (Å²) in [7, 11) is 1.26. The number of nitrogens with zero attached hydrogens (tertiary/aromatic N) is 1. The van der Waals surface area contributed by atoms with Gasteiger partial charge >= 0.3 is 5.97 Å². The maximum atomic E-state index is 11.7. The molecule has 1 aromatic carbocycles. The third-order valence-electron chi connectivity index (χ3n) is 2.99. The van der Waals surface area contributed by atoms with Gasteiger partial charge in [0, 0.05) is 6.07 Å². The number of ether oxygens (including phenoxy) is 2. The average Bonchev–Trinajstić information content (AvgIpc) is 2.34. The second kappa shape index (κ2) is 4.42. The molecule has 0 fully saturated rings. The van der Waals surface area contributed by atoms with Gasteiger partial charge in [-0.2, -0.15) is 0 Å². The van der Waals surface area contributed by atoms with E-state index in [-0.39, 0.29) is 11.4 Å². The predicted molar refractivity (Wildman–Crippen MR) is 67.2 cm³/mol. The molecule has 1 aromatic rings. The van der Waals surface area contributed by atoms with Crippen molar-refractivity contribution in [2.75, 3.05) is 12.4 Å². The lowest BCUT2D eigenvalue weighted by atomic mass is 9.95. The number of hydrogen-bond donors (Lipinski definition) is 1. The summed E-state index contributed by atoms with van der Waals surface area (Å²) >= 11 is 0. The molecule has 0 aliphatic carbocycles. The van der Waals surface area contributed by atoms with Crippen molar-refractivity contribution in [2.45, 2.75) is 25.5 Å². The molecule has 0 radical (unpaired) electrons. The lowest BCUT2D eigenvalue weighted by Crippen LogP contribution is -2.54. The molecule has 0 spiro atoms. The Morgan fingerprint density at radius 1 is 1.53 bits per heavy atom. The predicted octanol–water partition coefficient (Wildman–Crippen LogP) is 1.72. The number of carbonyl (C=O) groups is 1. The van der Waals surface area contributed by atoms with Crippen LogP contribution in [0.5, 0.6) is 5.75 Å². The summed E-state index contributed by atoms with van der Waals surface area (Å²) in [6.07, 6.45) is 0. The second-order valence-corrected chi connectivity index (χ2v) is 4.71. The van der Waals surface area contributed by atoms with Crippen LogP contribution in [-0.2, 0) is 9.53 Å². The summed E-state index contributed by atoms with van der Waals surface area (Å²) in [4.78, 5) is 22.2. The van der Waals surface area contributed by atoms with Gasteiger partial charge < -0.3 is 14.8 Å². The first-order chi connectivity index (χ1) is 8.86. The van der Waals surface area contributed by atoms with Gasteiger partial charge in [0.2, 0.25) is 0 Å². The highest BCUT2D eigenvalue weighted by Gasteiger charge is 2.44. The van der Waals surface area contributed by atoms with E-state index in [1.165, 1.54) is 19.2 Å². The third kappa shape index (κ3) is 2.18. The summed E-state index contributed by atoms with van der Waals surface area (Å²) in [6.45, 7) is 3.42. The van der Waals surface area contributed by atoms with E-state index < -0.39 is 22.5 Å². The molecule has 0 saturated carbocycles. The minimum atomic E-state index is -0.866. The zero-order valence-electron chi connectivity index (χ0n) is 10.8. The molecular formula is C12H14N2O5. The van der Waals surface area contributed by atoms with E-state index >= 15 is 0 Å². The molecule has 7 heteroatoms. The Hall–Kier alpha value is -2.31. The number of esters is 1. The normalized spacial score (nSPS) is 19.6. The Kier molecular flexibility index (Phi) is 3.05. The summed E-state index contributed by atoms with van der Waals surface area (Å²) in [5, 5.41) is 13.8. The number of rotatable bonds is 2. The van der Waals surface area contributed by atoms with Crippen LogP contribution in [0.25, 0.3) is 0 Å². The lowest BCUT2D eigenvalue weighted by Gasteiger charge is -2.38. The smallest absolute Gasteiger partial charge is 0.332 e. The third-order valence-corrected chi connectivity index (χ3v) is 2.99. The van der Waals surface area contributed by atoms with Crippen LogP contribution in [0.2, 0.25) is 0 Å². The highest BCUT2D eigenvalue weighted by molar-refractivity contribution is 5.85. The van der Waals surface area contributed by atoms with E-state index in [1.807, 2.05) is 0 Å². The van der Waals surface area contributed by atoms with Crippen LogP contribution in [0, 0.1) is 10.1 Å². The molecule has 0 bridgehead atoms. The van der Waals surface area contributed by atoms with E-state index in [9.17, 15) is 14.9 Å². The van der Waals surface area contributed by atoms with Crippen molar-refractivity contribution >= 4 is 17.3 Å². The van der Waals surface area contributed by atoms with Crippen molar-refractivity contribution in [1.29, 1.82) is 0 Å². The minimum Gasteiger partial charge on any atom is -0.483 e. The van der Waals surface area contributed by atoms with E-state index in [0.29, 0.717) is 5.75 Å². The van der Waals surface area contributed by atoms with E-state index in [2.05, 4.69) is 10.1 Å². The molecule has 1 N–H and O–H groups in total. The van der Waals surface area contributed by atoms with Crippen molar-refractivity contribution in [2.24, 2.45) is 0 Å². The first-order valence-corrected chi connectivity index (χ1v) is 5.67. The van der Waals surface area contributed by atoms with Crippen molar-refractivity contribution < 1.29 is 19.2 Å². The quantitative estimate of drug-likeness (QED) is 0.498. The summed E-state index contributed by atoms with van der Waals surface area (Å²) < 4.78 is 10.4. The molecule has 0 aromatic heterocycles.